The Morgan fingerprint density at radius 3 is 2.30 bits per heavy atom. The summed E-state index contributed by atoms with van der Waals surface area (Å²) in [6.07, 6.45) is 2.45. The van der Waals surface area contributed by atoms with Gasteiger partial charge in [-0.25, -0.2) is 4.79 Å². The van der Waals surface area contributed by atoms with Gasteiger partial charge < -0.3 is 19.5 Å². The molecule has 2 aliphatic rings. The largest absolute Gasteiger partial charge is 0.493 e. The monoisotopic (exact) mass is 503 g/mol. The van der Waals surface area contributed by atoms with Crippen LogP contribution in [0.15, 0.2) is 65.0 Å². The molecular weight excluding hydrogens is 466 g/mol. The van der Waals surface area contributed by atoms with Crippen molar-refractivity contribution in [3.8, 4) is 11.5 Å². The lowest BCUT2D eigenvalue weighted by Crippen LogP contribution is -2.36. The predicted molar refractivity (Wildman–Crippen MR) is 144 cm³/mol. The number of aryl methyl sites for hydroxylation is 1. The van der Waals surface area contributed by atoms with E-state index in [2.05, 4.69) is 24.4 Å². The van der Waals surface area contributed by atoms with E-state index in [1.54, 1.807) is 14.2 Å². The Morgan fingerprint density at radius 1 is 1.00 bits per heavy atom. The Labute approximate surface area is 219 Å². The number of hydrogen-bond donors (Lipinski definition) is 1. The Kier molecular flexibility index (Phi) is 8.06. The minimum atomic E-state index is -0.461. The van der Waals surface area contributed by atoms with Crippen LogP contribution in [-0.4, -0.2) is 32.1 Å². The van der Waals surface area contributed by atoms with Gasteiger partial charge in [0, 0.05) is 29.3 Å². The number of allylic oxidation sites excluding steroid dienone is 3. The summed E-state index contributed by atoms with van der Waals surface area (Å²) in [5, 5.41) is 3.43. The molecule has 1 N–H and O–H groups in total. The fourth-order valence-electron chi connectivity index (χ4n) is 5.26. The van der Waals surface area contributed by atoms with E-state index in [-0.39, 0.29) is 23.8 Å². The standard InChI is InChI=1S/C31H37NO5/c1-7-18(3)37-31(34)28-19(4)32-24-15-23(22-13-14-26(35-5)27(17-22)36-6)16-25(33)30(24)29(28)21-11-9-20(8-2)10-12-21/h9-14,17-18,23,29,32H,7-8,15-16H2,1-6H3/t18-,23+,29+/m0/s1. The van der Waals surface area contributed by atoms with Crippen molar-refractivity contribution in [2.75, 3.05) is 14.2 Å². The van der Waals surface area contributed by atoms with Crippen molar-refractivity contribution in [3.63, 3.8) is 0 Å². The maximum Gasteiger partial charge on any atom is 0.337 e. The summed E-state index contributed by atoms with van der Waals surface area (Å²) in [6, 6.07) is 14.0. The Balaban J connectivity index is 1.76. The zero-order chi connectivity index (χ0) is 26.7. The molecule has 0 spiro atoms. The second-order valence-electron chi connectivity index (χ2n) is 9.85. The lowest BCUT2D eigenvalue weighted by atomic mass is 9.71. The van der Waals surface area contributed by atoms with Crippen LogP contribution in [0.4, 0.5) is 0 Å². The predicted octanol–water partition coefficient (Wildman–Crippen LogP) is 5.97. The summed E-state index contributed by atoms with van der Waals surface area (Å²) in [4.78, 5) is 27.2. The molecule has 0 fully saturated rings. The van der Waals surface area contributed by atoms with E-state index in [4.69, 9.17) is 14.2 Å². The normalized spacial score (nSPS) is 20.2. The highest BCUT2D eigenvalue weighted by Gasteiger charge is 2.41. The molecule has 0 unspecified atom stereocenters. The van der Waals surface area contributed by atoms with Gasteiger partial charge in [-0.15, -0.1) is 0 Å². The van der Waals surface area contributed by atoms with Crippen molar-refractivity contribution in [2.24, 2.45) is 0 Å². The number of nitrogens with one attached hydrogen (secondary N) is 1. The highest BCUT2D eigenvalue weighted by molar-refractivity contribution is 6.04. The van der Waals surface area contributed by atoms with Gasteiger partial charge in [-0.1, -0.05) is 44.2 Å². The maximum atomic E-state index is 13.8. The molecule has 2 aromatic rings. The van der Waals surface area contributed by atoms with Crippen molar-refractivity contribution in [2.45, 2.75) is 71.3 Å². The summed E-state index contributed by atoms with van der Waals surface area (Å²) in [5.74, 6) is 0.497. The van der Waals surface area contributed by atoms with Gasteiger partial charge in [0.15, 0.2) is 17.3 Å². The van der Waals surface area contributed by atoms with E-state index in [0.717, 1.165) is 35.4 Å². The second-order valence-corrected chi connectivity index (χ2v) is 9.85. The van der Waals surface area contributed by atoms with Gasteiger partial charge in [0.05, 0.1) is 25.9 Å². The zero-order valence-electron chi connectivity index (χ0n) is 22.6. The van der Waals surface area contributed by atoms with Crippen molar-refractivity contribution in [3.05, 3.63) is 81.7 Å². The Morgan fingerprint density at radius 2 is 1.68 bits per heavy atom. The van der Waals surface area contributed by atoms with E-state index in [0.29, 0.717) is 35.5 Å². The molecule has 1 heterocycles. The van der Waals surface area contributed by atoms with Gasteiger partial charge in [0.2, 0.25) is 0 Å². The van der Waals surface area contributed by atoms with E-state index < -0.39 is 5.92 Å². The van der Waals surface area contributed by atoms with Crippen LogP contribution in [0.5, 0.6) is 11.5 Å². The number of methoxy groups -OCH3 is 2. The molecule has 6 heteroatoms. The number of esters is 1. The molecule has 0 saturated carbocycles. The van der Waals surface area contributed by atoms with E-state index >= 15 is 0 Å². The molecular formula is C31H37NO5. The van der Waals surface area contributed by atoms with Gasteiger partial charge >= 0.3 is 5.97 Å². The molecule has 4 rings (SSSR count). The van der Waals surface area contributed by atoms with Gasteiger partial charge in [-0.3, -0.25) is 4.79 Å². The molecule has 0 saturated heterocycles. The number of carbonyl (C=O) groups is 2. The highest BCUT2D eigenvalue weighted by Crippen LogP contribution is 2.46. The number of rotatable bonds is 8. The van der Waals surface area contributed by atoms with Crippen molar-refractivity contribution in [1.82, 2.24) is 5.32 Å². The molecule has 2 aromatic carbocycles. The minimum absolute atomic E-state index is 0.0110. The average molecular weight is 504 g/mol. The SMILES string of the molecule is CCc1ccc([C@@H]2C(C(=O)O[C@@H](C)CC)=C(C)NC3=C2C(=O)C[C@H](c2ccc(OC)c(OC)c2)C3)cc1. The van der Waals surface area contributed by atoms with E-state index in [1.165, 1.54) is 5.56 Å². The molecule has 6 nitrogen and oxygen atoms in total. The topological polar surface area (TPSA) is 73.9 Å². The fourth-order valence-corrected chi connectivity index (χ4v) is 5.26. The quantitative estimate of drug-likeness (QED) is 0.448. The first kappa shape index (κ1) is 26.5. The molecule has 0 radical (unpaired) electrons. The maximum absolute atomic E-state index is 13.8. The summed E-state index contributed by atoms with van der Waals surface area (Å²) in [6.45, 7) is 7.88. The van der Waals surface area contributed by atoms with Crippen LogP contribution in [0, 0.1) is 0 Å². The van der Waals surface area contributed by atoms with Crippen LogP contribution in [0.1, 0.15) is 75.5 Å². The fraction of sp³-hybridized carbons (Fsp3) is 0.419. The lowest BCUT2D eigenvalue weighted by molar-refractivity contribution is -0.144. The van der Waals surface area contributed by atoms with Gasteiger partial charge in [-0.2, -0.15) is 0 Å². The number of carbonyl (C=O) groups excluding carboxylic acids is 2. The third-order valence-electron chi connectivity index (χ3n) is 7.53. The summed E-state index contributed by atoms with van der Waals surface area (Å²) < 4.78 is 16.6. The average Bonchev–Trinajstić information content (AvgIpc) is 2.91. The van der Waals surface area contributed by atoms with Crippen LogP contribution in [0.2, 0.25) is 0 Å². The van der Waals surface area contributed by atoms with Crippen LogP contribution in [0.25, 0.3) is 0 Å². The van der Waals surface area contributed by atoms with Crippen molar-refractivity contribution >= 4 is 11.8 Å². The summed E-state index contributed by atoms with van der Waals surface area (Å²) in [5.41, 5.74) is 5.95. The summed E-state index contributed by atoms with van der Waals surface area (Å²) >= 11 is 0. The molecule has 0 aromatic heterocycles. The molecule has 37 heavy (non-hydrogen) atoms. The number of ketones is 1. The third-order valence-corrected chi connectivity index (χ3v) is 7.53. The zero-order valence-corrected chi connectivity index (χ0v) is 22.6. The van der Waals surface area contributed by atoms with Gasteiger partial charge in [-0.05, 0) is 67.9 Å². The molecule has 196 valence electrons. The van der Waals surface area contributed by atoms with Gasteiger partial charge in [0.25, 0.3) is 0 Å². The highest BCUT2D eigenvalue weighted by atomic mass is 16.5. The van der Waals surface area contributed by atoms with E-state index in [9.17, 15) is 9.59 Å². The van der Waals surface area contributed by atoms with Gasteiger partial charge in [0.1, 0.15) is 0 Å². The lowest BCUT2D eigenvalue weighted by Gasteiger charge is -2.37. The number of ether oxygens (including phenoxy) is 3. The third kappa shape index (κ3) is 5.29. The minimum Gasteiger partial charge on any atom is -0.493 e. The molecule has 1 aliphatic heterocycles. The number of hydrogen-bond acceptors (Lipinski definition) is 6. The molecule has 3 atom stereocenters. The summed E-state index contributed by atoms with van der Waals surface area (Å²) in [7, 11) is 3.22. The first-order chi connectivity index (χ1) is 17.8. The van der Waals surface area contributed by atoms with Crippen LogP contribution < -0.4 is 14.8 Å². The molecule has 0 amide bonds. The first-order valence-electron chi connectivity index (χ1n) is 13.1. The number of Topliss-reactive ketones (excluding diaryl/α,β-unsaturated/α-hetero) is 1. The first-order valence-corrected chi connectivity index (χ1v) is 13.1. The second kappa shape index (κ2) is 11.2. The van der Waals surface area contributed by atoms with Crippen LogP contribution >= 0.6 is 0 Å². The van der Waals surface area contributed by atoms with Crippen LogP contribution in [-0.2, 0) is 20.7 Å². The Bertz CT molecular complexity index is 1240. The molecule has 1 aliphatic carbocycles. The number of dihydropyridines is 1. The molecule has 0 bridgehead atoms. The van der Waals surface area contributed by atoms with E-state index in [1.807, 2.05) is 51.1 Å². The Hall–Kier alpha value is -3.54. The van der Waals surface area contributed by atoms with Crippen molar-refractivity contribution < 1.29 is 23.8 Å². The van der Waals surface area contributed by atoms with Crippen molar-refractivity contribution in [1.29, 1.82) is 0 Å². The number of benzene rings is 2. The smallest absolute Gasteiger partial charge is 0.337 e. The van der Waals surface area contributed by atoms with Crippen LogP contribution in [0.3, 0.4) is 0 Å².